The lowest BCUT2D eigenvalue weighted by Crippen LogP contribution is -1.77. The first-order valence-corrected chi connectivity index (χ1v) is 6.40. The van der Waals surface area contributed by atoms with Crippen molar-refractivity contribution in [2.75, 3.05) is 0 Å². The molecule has 0 spiro atoms. The summed E-state index contributed by atoms with van der Waals surface area (Å²) in [7, 11) is 0. The van der Waals surface area contributed by atoms with E-state index in [1.807, 2.05) is 24.3 Å². The summed E-state index contributed by atoms with van der Waals surface area (Å²) in [5.74, 6) is 5.83. The largest absolute Gasteiger partial charge is 0.115 e. The van der Waals surface area contributed by atoms with Crippen LogP contribution < -0.4 is 0 Å². The van der Waals surface area contributed by atoms with Crippen molar-refractivity contribution in [1.29, 1.82) is 0 Å². The first-order valence-electron chi connectivity index (χ1n) is 5.58. The maximum absolute atomic E-state index is 5.41. The first kappa shape index (κ1) is 12.8. The van der Waals surface area contributed by atoms with E-state index in [4.69, 9.17) is 6.42 Å². The summed E-state index contributed by atoms with van der Waals surface area (Å²) < 4.78 is 0. The lowest BCUT2D eigenvalue weighted by atomic mass is 10.2. The maximum Gasteiger partial charge on any atom is 0.0388 e. The Labute approximate surface area is 103 Å². The summed E-state index contributed by atoms with van der Waals surface area (Å²) >= 11 is 1.53. The second-order valence-electron chi connectivity index (χ2n) is 3.48. The third kappa shape index (κ3) is 4.47. The minimum absolute atomic E-state index is 0.926. The molecule has 16 heavy (non-hydrogen) atoms. The highest BCUT2D eigenvalue weighted by atomic mass is 32.2. The van der Waals surface area contributed by atoms with Gasteiger partial charge in [0.1, 0.15) is 0 Å². The zero-order chi connectivity index (χ0) is 11.6. The fourth-order valence-electron chi connectivity index (χ4n) is 1.28. The van der Waals surface area contributed by atoms with Crippen molar-refractivity contribution in [1.82, 2.24) is 0 Å². The molecule has 1 aromatic carbocycles. The summed E-state index contributed by atoms with van der Waals surface area (Å²) in [5, 5.41) is 3.11. The third-order valence-corrected chi connectivity index (χ3v) is 3.00. The van der Waals surface area contributed by atoms with Gasteiger partial charge in [-0.1, -0.05) is 43.7 Å². The molecule has 0 aromatic heterocycles. The number of terminal acetylenes is 1. The van der Waals surface area contributed by atoms with E-state index in [1.165, 1.54) is 31.0 Å². The van der Waals surface area contributed by atoms with Gasteiger partial charge in [-0.3, -0.25) is 0 Å². The fraction of sp³-hybridized carbons (Fsp3) is 0.333. The molecule has 0 radical (unpaired) electrons. The zero-order valence-corrected chi connectivity index (χ0v) is 10.4. The van der Waals surface area contributed by atoms with E-state index in [0.717, 1.165) is 16.9 Å². The molecule has 0 saturated carbocycles. The Morgan fingerprint density at radius 3 is 2.81 bits per heavy atom. The van der Waals surface area contributed by atoms with Gasteiger partial charge in [0.05, 0.1) is 0 Å². The molecule has 0 aliphatic rings. The Bertz CT molecular complexity index is 415. The number of thioether (sulfide) groups is 1. The number of rotatable bonds is 4. The quantitative estimate of drug-likeness (QED) is 0.420. The minimum atomic E-state index is 0.926. The lowest BCUT2D eigenvalue weighted by molar-refractivity contribution is 0.737. The van der Waals surface area contributed by atoms with Gasteiger partial charge >= 0.3 is 0 Å². The van der Waals surface area contributed by atoms with Gasteiger partial charge in [0.2, 0.25) is 0 Å². The van der Waals surface area contributed by atoms with E-state index in [1.54, 1.807) is 0 Å². The third-order valence-electron chi connectivity index (χ3n) is 2.18. The lowest BCUT2D eigenvalue weighted by Gasteiger charge is -1.97. The van der Waals surface area contributed by atoms with Crippen molar-refractivity contribution < 1.29 is 0 Å². The first-order chi connectivity index (χ1) is 7.88. The molecule has 0 unspecified atom stereocenters. The Hall–Kier alpha value is -1.31. The van der Waals surface area contributed by atoms with Gasteiger partial charge < -0.3 is 0 Å². The highest BCUT2D eigenvalue weighted by molar-refractivity contribution is 8.04. The molecule has 0 bridgehead atoms. The van der Waals surface area contributed by atoms with Crippen LogP contribution in [0.25, 0.3) is 0 Å². The Morgan fingerprint density at radius 2 is 2.06 bits per heavy atom. The van der Waals surface area contributed by atoms with Gasteiger partial charge in [0.25, 0.3) is 0 Å². The van der Waals surface area contributed by atoms with Gasteiger partial charge in [0, 0.05) is 16.9 Å². The van der Waals surface area contributed by atoms with Crippen LogP contribution in [-0.4, -0.2) is 0 Å². The van der Waals surface area contributed by atoms with E-state index in [0.29, 0.717) is 0 Å². The molecule has 0 fully saturated rings. The van der Waals surface area contributed by atoms with Crippen LogP contribution in [0, 0.1) is 23.5 Å². The Morgan fingerprint density at radius 1 is 1.25 bits per heavy atom. The maximum atomic E-state index is 5.41. The van der Waals surface area contributed by atoms with Crippen LogP contribution >= 0.6 is 11.8 Å². The van der Waals surface area contributed by atoms with Crippen molar-refractivity contribution in [2.24, 2.45) is 0 Å². The second kappa shape index (κ2) is 7.91. The molecular weight excluding hydrogens is 212 g/mol. The van der Waals surface area contributed by atoms with E-state index in [-0.39, 0.29) is 0 Å². The predicted molar refractivity (Wildman–Crippen MR) is 72.2 cm³/mol. The van der Waals surface area contributed by atoms with Crippen LogP contribution in [0.4, 0.5) is 0 Å². The van der Waals surface area contributed by atoms with Crippen LogP contribution in [0.3, 0.4) is 0 Å². The van der Waals surface area contributed by atoms with E-state index < -0.39 is 0 Å². The average Bonchev–Trinajstić information content (AvgIpc) is 2.34. The van der Waals surface area contributed by atoms with Crippen molar-refractivity contribution in [2.45, 2.75) is 37.5 Å². The number of benzene rings is 1. The molecule has 0 heterocycles. The van der Waals surface area contributed by atoms with Gasteiger partial charge in [-0.25, -0.2) is 0 Å². The summed E-state index contributed by atoms with van der Waals surface area (Å²) in [6.45, 7) is 2.20. The minimum Gasteiger partial charge on any atom is -0.115 e. The average molecular weight is 228 g/mol. The fourth-order valence-corrected chi connectivity index (χ4v) is 1.95. The molecule has 82 valence electrons. The smallest absolute Gasteiger partial charge is 0.0388 e. The Kier molecular flexibility index (Phi) is 6.31. The molecule has 0 atom stereocenters. The van der Waals surface area contributed by atoms with Gasteiger partial charge in [-0.05, 0) is 35.6 Å². The number of unbranched alkanes of at least 4 members (excludes halogenated alkanes) is 3. The Balaban J connectivity index is 2.45. The van der Waals surface area contributed by atoms with Crippen molar-refractivity contribution >= 4 is 11.8 Å². The molecule has 0 aliphatic carbocycles. The van der Waals surface area contributed by atoms with Gasteiger partial charge in [-0.15, -0.1) is 6.42 Å². The van der Waals surface area contributed by atoms with E-state index in [2.05, 4.69) is 24.0 Å². The zero-order valence-electron chi connectivity index (χ0n) is 9.62. The highest BCUT2D eigenvalue weighted by Gasteiger charge is 1.96. The molecule has 0 saturated heterocycles. The van der Waals surface area contributed by atoms with Crippen molar-refractivity contribution in [3.8, 4) is 23.5 Å². The monoisotopic (exact) mass is 228 g/mol. The van der Waals surface area contributed by atoms with Crippen molar-refractivity contribution in [3.05, 3.63) is 29.8 Å². The highest BCUT2D eigenvalue weighted by Crippen LogP contribution is 2.20. The number of hydrogen-bond acceptors (Lipinski definition) is 1. The molecule has 0 amide bonds. The van der Waals surface area contributed by atoms with Crippen LogP contribution in [0.5, 0.6) is 0 Å². The van der Waals surface area contributed by atoms with Crippen LogP contribution in [0.15, 0.2) is 29.2 Å². The summed E-state index contributed by atoms with van der Waals surface area (Å²) in [6, 6.07) is 7.90. The summed E-state index contributed by atoms with van der Waals surface area (Å²) in [4.78, 5) is 1.08. The molecule has 0 N–H and O–H groups in total. The molecule has 1 aromatic rings. The van der Waals surface area contributed by atoms with Crippen LogP contribution in [0.2, 0.25) is 0 Å². The normalized spacial score (nSPS) is 9.00. The molecule has 0 nitrogen and oxygen atoms in total. The van der Waals surface area contributed by atoms with Crippen LogP contribution in [-0.2, 0) is 0 Å². The predicted octanol–water partition coefficient (Wildman–Crippen LogP) is 4.30. The topological polar surface area (TPSA) is 0 Å². The molecule has 1 rings (SSSR count). The standard InChI is InChI=1S/C15H16S/c1-3-5-6-7-10-13-16-15-12-9-8-11-14(15)4-2/h2,8-9,11-12H,3,5-7H2,1H3. The van der Waals surface area contributed by atoms with Gasteiger partial charge in [-0.2, -0.15) is 0 Å². The number of hydrogen-bond donors (Lipinski definition) is 0. The molecule has 1 heteroatoms. The summed E-state index contributed by atoms with van der Waals surface area (Å²) in [5.41, 5.74) is 0.926. The second-order valence-corrected chi connectivity index (χ2v) is 4.33. The molecule has 0 aliphatic heterocycles. The van der Waals surface area contributed by atoms with E-state index in [9.17, 15) is 0 Å². The summed E-state index contributed by atoms with van der Waals surface area (Å²) in [6.07, 6.45) is 10.1. The van der Waals surface area contributed by atoms with Gasteiger partial charge in [0.15, 0.2) is 0 Å². The van der Waals surface area contributed by atoms with Crippen molar-refractivity contribution in [3.63, 3.8) is 0 Å². The van der Waals surface area contributed by atoms with E-state index >= 15 is 0 Å². The van der Waals surface area contributed by atoms with Crippen LogP contribution in [0.1, 0.15) is 38.2 Å². The SMILES string of the molecule is C#Cc1ccccc1SC#CCCCCC. The molecular formula is C15H16S.